The van der Waals surface area contributed by atoms with E-state index in [0.717, 1.165) is 16.2 Å². The van der Waals surface area contributed by atoms with Crippen LogP contribution in [-0.4, -0.2) is 46.4 Å². The number of aromatic nitrogens is 1. The molecule has 0 aliphatic carbocycles. The van der Waals surface area contributed by atoms with Gasteiger partial charge in [-0.05, 0) is 55.3 Å². The number of rotatable bonds is 8. The predicted molar refractivity (Wildman–Crippen MR) is 143 cm³/mol. The molecule has 1 unspecified atom stereocenters. The van der Waals surface area contributed by atoms with Crippen molar-refractivity contribution in [3.05, 3.63) is 98.1 Å². The van der Waals surface area contributed by atoms with Gasteiger partial charge in [0.15, 0.2) is 5.13 Å². The van der Waals surface area contributed by atoms with E-state index in [2.05, 4.69) is 11.6 Å². The van der Waals surface area contributed by atoms with Crippen LogP contribution in [0.3, 0.4) is 0 Å². The van der Waals surface area contributed by atoms with Crippen LogP contribution < -0.4 is 9.64 Å². The zero-order valence-corrected chi connectivity index (χ0v) is 22.0. The van der Waals surface area contributed by atoms with Crippen LogP contribution in [0.2, 0.25) is 0 Å². The molecule has 1 saturated heterocycles. The molecule has 1 aliphatic rings. The highest BCUT2D eigenvalue weighted by Crippen LogP contribution is 2.44. The largest absolute Gasteiger partial charge is 0.507 e. The van der Waals surface area contributed by atoms with Crippen molar-refractivity contribution in [3.8, 4) is 5.75 Å². The van der Waals surface area contributed by atoms with E-state index in [1.54, 1.807) is 32.0 Å². The van der Waals surface area contributed by atoms with Crippen LogP contribution in [0.4, 0.5) is 10.8 Å². The van der Waals surface area contributed by atoms with Crippen molar-refractivity contribution in [1.82, 2.24) is 4.98 Å². The molecule has 0 saturated carbocycles. The molecular weight excluding hydrogens is 526 g/mol. The standard InChI is InChI=1S/C27H23N3O8S/c1-5-12-38-26(34)24-15(3)28-27(39-24)29-21(16-6-9-18(10-7-16)30(35)36)20(23(32)25(29)33)22(31)17-8-11-19(37-4)14(2)13-17/h5-11,13,21,31H,1,12H2,2-4H3. The van der Waals surface area contributed by atoms with Gasteiger partial charge in [0.2, 0.25) is 0 Å². The number of non-ortho nitro benzene ring substituents is 1. The van der Waals surface area contributed by atoms with E-state index in [-0.39, 0.29) is 39.1 Å². The molecule has 1 aliphatic heterocycles. The van der Waals surface area contributed by atoms with Gasteiger partial charge < -0.3 is 14.6 Å². The smallest absolute Gasteiger partial charge is 0.350 e. The van der Waals surface area contributed by atoms with E-state index in [4.69, 9.17) is 9.47 Å². The summed E-state index contributed by atoms with van der Waals surface area (Å²) in [6, 6.07) is 8.85. The van der Waals surface area contributed by atoms with Crippen LogP contribution in [0.5, 0.6) is 5.75 Å². The first kappa shape index (κ1) is 27.2. The van der Waals surface area contributed by atoms with Gasteiger partial charge in [0.1, 0.15) is 23.0 Å². The Balaban J connectivity index is 1.90. The minimum atomic E-state index is -1.18. The Morgan fingerprint density at radius 3 is 2.51 bits per heavy atom. The van der Waals surface area contributed by atoms with E-state index in [9.17, 15) is 29.6 Å². The molecule has 1 amide bonds. The van der Waals surface area contributed by atoms with Crippen LogP contribution >= 0.6 is 11.3 Å². The van der Waals surface area contributed by atoms with E-state index in [1.807, 2.05) is 0 Å². The monoisotopic (exact) mass is 549 g/mol. The highest BCUT2D eigenvalue weighted by molar-refractivity contribution is 7.17. The van der Waals surface area contributed by atoms with Gasteiger partial charge in [0.25, 0.3) is 11.5 Å². The van der Waals surface area contributed by atoms with Crippen molar-refractivity contribution in [1.29, 1.82) is 0 Å². The molecule has 1 atom stereocenters. The molecule has 0 radical (unpaired) electrons. The summed E-state index contributed by atoms with van der Waals surface area (Å²) >= 11 is 0.848. The number of benzene rings is 2. The molecular formula is C27H23N3O8S. The Morgan fingerprint density at radius 1 is 1.23 bits per heavy atom. The number of nitro benzene ring substituents is 1. The van der Waals surface area contributed by atoms with Crippen molar-refractivity contribution in [2.45, 2.75) is 19.9 Å². The predicted octanol–water partition coefficient (Wildman–Crippen LogP) is 4.65. The number of ketones is 1. The fraction of sp³-hybridized carbons (Fsp3) is 0.185. The first-order chi connectivity index (χ1) is 18.6. The number of carbonyl (C=O) groups is 3. The SMILES string of the molecule is C=CCOC(=O)c1sc(N2C(=O)C(=O)C(=C(O)c3ccc(OC)c(C)c3)C2c2ccc([N+](=O)[O-])cc2)nc1C. The number of aryl methyl sites for hydroxylation is 2. The van der Waals surface area contributed by atoms with Gasteiger partial charge in [0, 0.05) is 17.7 Å². The lowest BCUT2D eigenvalue weighted by molar-refractivity contribution is -0.384. The third-order valence-corrected chi connectivity index (χ3v) is 7.18. The fourth-order valence-electron chi connectivity index (χ4n) is 4.18. The number of anilines is 1. The topological polar surface area (TPSA) is 149 Å². The summed E-state index contributed by atoms with van der Waals surface area (Å²) in [6.45, 7) is 6.79. The average molecular weight is 550 g/mol. The number of hydrogen-bond donors (Lipinski definition) is 1. The summed E-state index contributed by atoms with van der Waals surface area (Å²) in [5.41, 5.74) is 1.11. The van der Waals surface area contributed by atoms with Gasteiger partial charge >= 0.3 is 11.9 Å². The number of ether oxygens (including phenoxy) is 2. The maximum absolute atomic E-state index is 13.4. The second-order valence-corrected chi connectivity index (χ2v) is 9.48. The van der Waals surface area contributed by atoms with Crippen LogP contribution in [-0.2, 0) is 14.3 Å². The molecule has 0 spiro atoms. The molecule has 0 bridgehead atoms. The van der Waals surface area contributed by atoms with Crippen molar-refractivity contribution >= 4 is 45.6 Å². The van der Waals surface area contributed by atoms with Gasteiger partial charge in [-0.1, -0.05) is 24.0 Å². The Morgan fingerprint density at radius 2 is 1.92 bits per heavy atom. The Bertz CT molecular complexity index is 1540. The van der Waals surface area contributed by atoms with Crippen LogP contribution in [0.15, 0.2) is 60.7 Å². The summed E-state index contributed by atoms with van der Waals surface area (Å²) in [6.07, 6.45) is 1.41. The number of methoxy groups -OCH3 is 1. The van der Waals surface area contributed by atoms with Crippen molar-refractivity contribution < 1.29 is 33.9 Å². The number of thiazole rings is 1. The van der Waals surface area contributed by atoms with Crippen LogP contribution in [0.25, 0.3) is 5.76 Å². The van der Waals surface area contributed by atoms with Gasteiger partial charge in [0.05, 0.1) is 29.3 Å². The van der Waals surface area contributed by atoms with Gasteiger partial charge in [-0.3, -0.25) is 24.6 Å². The van der Waals surface area contributed by atoms with Gasteiger partial charge in [-0.25, -0.2) is 9.78 Å². The lowest BCUT2D eigenvalue weighted by Crippen LogP contribution is -2.29. The quantitative estimate of drug-likeness (QED) is 0.0806. The molecule has 3 aromatic rings. The number of carbonyl (C=O) groups excluding carboxylic acids is 3. The zero-order chi connectivity index (χ0) is 28.4. The van der Waals surface area contributed by atoms with E-state index in [0.29, 0.717) is 16.9 Å². The fourth-order valence-corrected chi connectivity index (χ4v) is 5.17. The molecule has 11 nitrogen and oxygen atoms in total. The third-order valence-electron chi connectivity index (χ3n) is 6.04. The number of aliphatic hydroxyl groups excluding tert-OH is 1. The molecule has 1 aromatic heterocycles. The highest BCUT2D eigenvalue weighted by atomic mass is 32.1. The number of aliphatic hydroxyl groups is 1. The second kappa shape index (κ2) is 10.9. The molecule has 12 heteroatoms. The molecule has 39 heavy (non-hydrogen) atoms. The summed E-state index contributed by atoms with van der Waals surface area (Å²) in [7, 11) is 1.50. The maximum Gasteiger partial charge on any atom is 0.350 e. The van der Waals surface area contributed by atoms with Crippen LogP contribution in [0.1, 0.15) is 38.1 Å². The number of Topliss-reactive ketones (excluding diaryl/α,β-unsaturated/α-hetero) is 1. The summed E-state index contributed by atoms with van der Waals surface area (Å²) in [5.74, 6) is -2.51. The minimum Gasteiger partial charge on any atom is -0.507 e. The second-order valence-electron chi connectivity index (χ2n) is 8.50. The Kier molecular flexibility index (Phi) is 7.58. The molecule has 200 valence electrons. The molecule has 1 fully saturated rings. The number of esters is 1. The molecule has 2 heterocycles. The first-order valence-corrected chi connectivity index (χ1v) is 12.4. The van der Waals surface area contributed by atoms with E-state index >= 15 is 0 Å². The minimum absolute atomic E-state index is 0.0217. The molecule has 1 N–H and O–H groups in total. The van der Waals surface area contributed by atoms with Crippen molar-refractivity contribution in [2.24, 2.45) is 0 Å². The third kappa shape index (κ3) is 5.01. The van der Waals surface area contributed by atoms with Crippen LogP contribution in [0, 0.1) is 24.0 Å². The van der Waals surface area contributed by atoms with E-state index in [1.165, 1.54) is 37.5 Å². The summed E-state index contributed by atoms with van der Waals surface area (Å²) in [5, 5.41) is 22.5. The number of amides is 1. The summed E-state index contributed by atoms with van der Waals surface area (Å²) < 4.78 is 10.4. The van der Waals surface area contributed by atoms with Crippen molar-refractivity contribution in [2.75, 3.05) is 18.6 Å². The number of nitrogens with zero attached hydrogens (tertiary/aromatic N) is 3. The maximum atomic E-state index is 13.4. The Labute approximate surface area is 226 Å². The highest BCUT2D eigenvalue weighted by Gasteiger charge is 2.48. The van der Waals surface area contributed by atoms with Gasteiger partial charge in [-0.15, -0.1) is 0 Å². The van der Waals surface area contributed by atoms with E-state index < -0.39 is 34.4 Å². The summed E-state index contributed by atoms with van der Waals surface area (Å²) in [4.78, 5) is 55.4. The normalized spacial score (nSPS) is 16.3. The Hall–Kier alpha value is -4.84. The molecule has 2 aromatic carbocycles. The average Bonchev–Trinajstić information content (AvgIpc) is 3.43. The number of hydrogen-bond acceptors (Lipinski definition) is 10. The first-order valence-electron chi connectivity index (χ1n) is 11.5. The molecule has 4 rings (SSSR count). The van der Waals surface area contributed by atoms with Gasteiger partial charge in [-0.2, -0.15) is 0 Å². The lowest BCUT2D eigenvalue weighted by Gasteiger charge is -2.23. The number of nitro groups is 1. The van der Waals surface area contributed by atoms with Crippen molar-refractivity contribution in [3.63, 3.8) is 0 Å². The zero-order valence-electron chi connectivity index (χ0n) is 21.2. The lowest BCUT2D eigenvalue weighted by atomic mass is 9.94.